The summed E-state index contributed by atoms with van der Waals surface area (Å²) in [5.41, 5.74) is 1.59. The van der Waals surface area contributed by atoms with Crippen LogP contribution in [0.2, 0.25) is 10.0 Å². The summed E-state index contributed by atoms with van der Waals surface area (Å²) in [7, 11) is 0. The number of benzene rings is 1. The summed E-state index contributed by atoms with van der Waals surface area (Å²) in [6.07, 6.45) is 0. The zero-order valence-corrected chi connectivity index (χ0v) is 15.8. The molecule has 0 aliphatic carbocycles. The lowest BCUT2D eigenvalue weighted by atomic mass is 10.2. The Hall–Kier alpha value is -1.98. The van der Waals surface area contributed by atoms with Crippen molar-refractivity contribution in [2.45, 2.75) is 33.9 Å². The number of hydrogen-bond acceptors (Lipinski definition) is 2. The van der Waals surface area contributed by atoms with Crippen molar-refractivity contribution in [2.75, 3.05) is 0 Å². The van der Waals surface area contributed by atoms with Gasteiger partial charge in [0.15, 0.2) is 0 Å². The van der Waals surface area contributed by atoms with Gasteiger partial charge in [0.05, 0.1) is 17.4 Å². The van der Waals surface area contributed by atoms with Crippen molar-refractivity contribution in [3.05, 3.63) is 66.3 Å². The number of aromatic amines is 1. The van der Waals surface area contributed by atoms with Crippen molar-refractivity contribution in [3.63, 3.8) is 0 Å². The number of pyridine rings is 1. The molecule has 3 rings (SSSR count). The lowest BCUT2D eigenvalue weighted by molar-refractivity contribution is 0.476. The van der Waals surface area contributed by atoms with Crippen LogP contribution in [0.1, 0.15) is 25.1 Å². The number of rotatable bonds is 4. The standard InChI is InChI=1S/C18H19Cl2N3O2/c1-10(2)8-23-18(25)17-11(3)22(16(24)7-15(17)21-23)9-12-6-13(19)4-5-14(12)20/h4-7,10,21H,8-9H2,1-3H3. The van der Waals surface area contributed by atoms with Crippen LogP contribution in [0.3, 0.4) is 0 Å². The predicted octanol–water partition coefficient (Wildman–Crippen LogP) is 3.81. The molecule has 0 aliphatic heterocycles. The number of halogens is 2. The van der Waals surface area contributed by atoms with Gasteiger partial charge < -0.3 is 4.57 Å². The van der Waals surface area contributed by atoms with E-state index in [1.54, 1.807) is 34.4 Å². The van der Waals surface area contributed by atoms with Crippen molar-refractivity contribution >= 4 is 34.1 Å². The van der Waals surface area contributed by atoms with Gasteiger partial charge in [-0.1, -0.05) is 37.0 Å². The van der Waals surface area contributed by atoms with Gasteiger partial charge in [-0.25, -0.2) is 0 Å². The third-order valence-electron chi connectivity index (χ3n) is 4.17. The molecule has 0 spiro atoms. The van der Waals surface area contributed by atoms with E-state index in [4.69, 9.17) is 23.2 Å². The molecule has 0 aliphatic rings. The molecule has 0 fully saturated rings. The number of aromatic nitrogens is 3. The van der Waals surface area contributed by atoms with Crippen LogP contribution in [0.4, 0.5) is 0 Å². The maximum absolute atomic E-state index is 12.7. The highest BCUT2D eigenvalue weighted by Gasteiger charge is 2.15. The molecule has 2 aromatic heterocycles. The molecule has 0 amide bonds. The third kappa shape index (κ3) is 3.39. The Labute approximate surface area is 154 Å². The van der Waals surface area contributed by atoms with Crippen LogP contribution in [0.5, 0.6) is 0 Å². The summed E-state index contributed by atoms with van der Waals surface area (Å²) in [5.74, 6) is 0.315. The number of fused-ring (bicyclic) bond motifs is 1. The van der Waals surface area contributed by atoms with Gasteiger partial charge in [-0.15, -0.1) is 0 Å². The summed E-state index contributed by atoms with van der Waals surface area (Å²) in [6.45, 7) is 6.67. The second-order valence-electron chi connectivity index (χ2n) is 6.60. The number of nitrogens with one attached hydrogen (secondary N) is 1. The summed E-state index contributed by atoms with van der Waals surface area (Å²) in [4.78, 5) is 25.2. The second-order valence-corrected chi connectivity index (χ2v) is 7.44. The smallest absolute Gasteiger partial charge is 0.276 e. The molecule has 7 heteroatoms. The van der Waals surface area contributed by atoms with E-state index in [0.717, 1.165) is 5.56 Å². The lowest BCUT2D eigenvalue weighted by Crippen LogP contribution is -2.24. The fourth-order valence-corrected chi connectivity index (χ4v) is 3.36. The maximum Gasteiger partial charge on any atom is 0.276 e. The van der Waals surface area contributed by atoms with Gasteiger partial charge in [0, 0.05) is 28.4 Å². The molecule has 0 saturated carbocycles. The van der Waals surface area contributed by atoms with Crippen LogP contribution >= 0.6 is 23.2 Å². The molecule has 0 radical (unpaired) electrons. The highest BCUT2D eigenvalue weighted by Crippen LogP contribution is 2.22. The Balaban J connectivity index is 2.16. The molecular weight excluding hydrogens is 361 g/mol. The molecular formula is C18H19Cl2N3O2. The van der Waals surface area contributed by atoms with Gasteiger partial charge in [-0.05, 0) is 36.6 Å². The van der Waals surface area contributed by atoms with Crippen molar-refractivity contribution in [1.82, 2.24) is 14.3 Å². The van der Waals surface area contributed by atoms with Gasteiger partial charge in [0.2, 0.25) is 0 Å². The third-order valence-corrected chi connectivity index (χ3v) is 4.77. The molecule has 0 saturated heterocycles. The number of H-pyrrole nitrogens is 1. The Bertz CT molecular complexity index is 1060. The zero-order valence-electron chi connectivity index (χ0n) is 14.3. The topological polar surface area (TPSA) is 59.8 Å². The Morgan fingerprint density at radius 3 is 2.56 bits per heavy atom. The van der Waals surface area contributed by atoms with Crippen LogP contribution in [-0.2, 0) is 13.1 Å². The number of aryl methyl sites for hydroxylation is 1. The Morgan fingerprint density at radius 2 is 1.88 bits per heavy atom. The van der Waals surface area contributed by atoms with Crippen molar-refractivity contribution in [1.29, 1.82) is 0 Å². The predicted molar refractivity (Wildman–Crippen MR) is 102 cm³/mol. The minimum atomic E-state index is -0.195. The zero-order chi connectivity index (χ0) is 18.3. The van der Waals surface area contributed by atoms with Crippen molar-refractivity contribution < 1.29 is 0 Å². The first kappa shape index (κ1) is 17.8. The molecule has 5 nitrogen and oxygen atoms in total. The Kier molecular flexibility index (Phi) is 4.80. The SMILES string of the molecule is Cc1c2c(=O)n(CC(C)C)[nH]c2cc(=O)n1Cc1cc(Cl)ccc1Cl. The van der Waals surface area contributed by atoms with Gasteiger partial charge in [-0.3, -0.25) is 19.4 Å². The molecule has 0 bridgehead atoms. The first-order chi connectivity index (χ1) is 11.8. The first-order valence-corrected chi connectivity index (χ1v) is 8.80. The van der Waals surface area contributed by atoms with E-state index in [0.29, 0.717) is 39.1 Å². The monoisotopic (exact) mass is 379 g/mol. The van der Waals surface area contributed by atoms with E-state index < -0.39 is 0 Å². The molecule has 0 atom stereocenters. The first-order valence-electron chi connectivity index (χ1n) is 8.04. The summed E-state index contributed by atoms with van der Waals surface area (Å²) in [5, 5.41) is 4.64. The molecule has 1 N–H and O–H groups in total. The van der Waals surface area contributed by atoms with Gasteiger partial charge >= 0.3 is 0 Å². The number of nitrogens with zero attached hydrogens (tertiary/aromatic N) is 2. The lowest BCUT2D eigenvalue weighted by Gasteiger charge is -2.11. The number of hydrogen-bond donors (Lipinski definition) is 1. The van der Waals surface area contributed by atoms with Gasteiger partial charge in [0.1, 0.15) is 0 Å². The largest absolute Gasteiger partial charge is 0.308 e. The summed E-state index contributed by atoms with van der Waals surface area (Å²) in [6, 6.07) is 6.58. The fraction of sp³-hybridized carbons (Fsp3) is 0.333. The molecule has 3 aromatic rings. The van der Waals surface area contributed by atoms with E-state index >= 15 is 0 Å². The van der Waals surface area contributed by atoms with E-state index in [2.05, 4.69) is 5.10 Å². The van der Waals surface area contributed by atoms with Crippen LogP contribution in [0.25, 0.3) is 10.9 Å². The average Bonchev–Trinajstić information content (AvgIpc) is 2.82. The summed E-state index contributed by atoms with van der Waals surface area (Å²) < 4.78 is 3.10. The average molecular weight is 380 g/mol. The van der Waals surface area contributed by atoms with Gasteiger partial charge in [0.25, 0.3) is 11.1 Å². The normalized spacial score (nSPS) is 11.6. The highest BCUT2D eigenvalue weighted by molar-refractivity contribution is 6.33. The Morgan fingerprint density at radius 1 is 1.16 bits per heavy atom. The van der Waals surface area contributed by atoms with Crippen molar-refractivity contribution in [3.8, 4) is 0 Å². The molecule has 2 heterocycles. The van der Waals surface area contributed by atoms with E-state index in [-0.39, 0.29) is 17.7 Å². The molecule has 132 valence electrons. The van der Waals surface area contributed by atoms with E-state index in [1.807, 2.05) is 13.8 Å². The van der Waals surface area contributed by atoms with Crippen molar-refractivity contribution in [2.24, 2.45) is 5.92 Å². The molecule has 25 heavy (non-hydrogen) atoms. The van der Waals surface area contributed by atoms with Crippen LogP contribution < -0.4 is 11.1 Å². The highest BCUT2D eigenvalue weighted by atomic mass is 35.5. The maximum atomic E-state index is 12.7. The van der Waals surface area contributed by atoms with Gasteiger partial charge in [-0.2, -0.15) is 0 Å². The summed E-state index contributed by atoms with van der Waals surface area (Å²) >= 11 is 12.2. The fourth-order valence-electron chi connectivity index (χ4n) is 2.98. The van der Waals surface area contributed by atoms with Crippen LogP contribution in [-0.4, -0.2) is 14.3 Å². The molecule has 0 unspecified atom stereocenters. The second kappa shape index (κ2) is 6.73. The van der Waals surface area contributed by atoms with E-state index in [1.165, 1.54) is 6.07 Å². The minimum absolute atomic E-state index is 0.118. The quantitative estimate of drug-likeness (QED) is 0.748. The van der Waals surface area contributed by atoms with Crippen LogP contribution in [0.15, 0.2) is 33.9 Å². The van der Waals surface area contributed by atoms with E-state index in [9.17, 15) is 9.59 Å². The minimum Gasteiger partial charge on any atom is -0.308 e. The molecule has 1 aromatic carbocycles. The van der Waals surface area contributed by atoms with Crippen LogP contribution in [0, 0.1) is 12.8 Å².